The molecule has 1 saturated heterocycles. The number of thiophene rings is 1. The summed E-state index contributed by atoms with van der Waals surface area (Å²) in [6.45, 7) is 3.51. The third-order valence-corrected chi connectivity index (χ3v) is 7.53. The van der Waals surface area contributed by atoms with Crippen molar-refractivity contribution in [2.75, 3.05) is 19.7 Å². The highest BCUT2D eigenvalue weighted by molar-refractivity contribution is 9.10. The topological polar surface area (TPSA) is 46.6 Å². The second-order valence-electron chi connectivity index (χ2n) is 4.15. The maximum atomic E-state index is 12.5. The molecule has 102 valence electrons. The molecule has 0 spiro atoms. The molecule has 1 atom stereocenters. The Morgan fingerprint density at radius 1 is 1.61 bits per heavy atom. The summed E-state index contributed by atoms with van der Waals surface area (Å²) in [6, 6.07) is 1.76. The van der Waals surface area contributed by atoms with Crippen LogP contribution in [0.5, 0.6) is 0 Å². The Balaban J connectivity index is 2.18. The van der Waals surface area contributed by atoms with Gasteiger partial charge in [0, 0.05) is 24.2 Å². The number of likely N-dealkylation sites (N-methyl/N-ethyl adjacent to an activating group) is 1. The van der Waals surface area contributed by atoms with Gasteiger partial charge in [0.1, 0.15) is 4.21 Å². The van der Waals surface area contributed by atoms with Crippen LogP contribution < -0.4 is 0 Å². The van der Waals surface area contributed by atoms with Gasteiger partial charge in [-0.15, -0.1) is 11.3 Å². The van der Waals surface area contributed by atoms with Crippen LogP contribution in [0.15, 0.2) is 20.1 Å². The Bertz CT molecular complexity index is 494. The van der Waals surface area contributed by atoms with E-state index in [0.29, 0.717) is 21.8 Å². The number of sulfonamides is 1. The van der Waals surface area contributed by atoms with Crippen molar-refractivity contribution in [1.82, 2.24) is 4.31 Å². The van der Waals surface area contributed by atoms with Crippen molar-refractivity contribution in [2.45, 2.75) is 30.1 Å². The molecule has 0 amide bonds. The van der Waals surface area contributed by atoms with Crippen molar-refractivity contribution in [1.29, 1.82) is 0 Å². The molecule has 1 fully saturated rings. The first-order chi connectivity index (χ1) is 8.55. The maximum absolute atomic E-state index is 12.5. The van der Waals surface area contributed by atoms with Gasteiger partial charge in [-0.25, -0.2) is 8.42 Å². The van der Waals surface area contributed by atoms with Gasteiger partial charge in [0.25, 0.3) is 10.0 Å². The average Bonchev–Trinajstić information content (AvgIpc) is 2.96. The van der Waals surface area contributed by atoms with E-state index in [-0.39, 0.29) is 6.10 Å². The molecule has 1 aliphatic heterocycles. The van der Waals surface area contributed by atoms with Crippen LogP contribution in [0.3, 0.4) is 0 Å². The second-order valence-corrected chi connectivity index (χ2v) is 8.05. The molecule has 18 heavy (non-hydrogen) atoms. The Kier molecular flexibility index (Phi) is 4.82. The van der Waals surface area contributed by atoms with E-state index in [1.165, 1.54) is 15.6 Å². The van der Waals surface area contributed by atoms with Crippen molar-refractivity contribution in [3.05, 3.63) is 15.9 Å². The van der Waals surface area contributed by atoms with Gasteiger partial charge in [0.15, 0.2) is 0 Å². The highest BCUT2D eigenvalue weighted by Gasteiger charge is 2.30. The zero-order chi connectivity index (χ0) is 13.2. The minimum atomic E-state index is -3.40. The minimum absolute atomic E-state index is 0.0402. The molecule has 0 radical (unpaired) electrons. The Morgan fingerprint density at radius 3 is 2.89 bits per heavy atom. The molecule has 4 nitrogen and oxygen atoms in total. The fraction of sp³-hybridized carbons (Fsp3) is 0.636. The van der Waals surface area contributed by atoms with Crippen LogP contribution >= 0.6 is 27.3 Å². The Hall–Kier alpha value is 0.0500. The molecular formula is C11H16BrNO3S2. The van der Waals surface area contributed by atoms with Gasteiger partial charge in [-0.3, -0.25) is 0 Å². The molecule has 0 aliphatic carbocycles. The van der Waals surface area contributed by atoms with Crippen LogP contribution in [-0.4, -0.2) is 38.5 Å². The number of hydrogen-bond acceptors (Lipinski definition) is 4. The van der Waals surface area contributed by atoms with Gasteiger partial charge >= 0.3 is 0 Å². The number of nitrogens with zero attached hydrogens (tertiary/aromatic N) is 1. The lowest BCUT2D eigenvalue weighted by atomic mass is 10.2. The smallest absolute Gasteiger partial charge is 0.253 e. The van der Waals surface area contributed by atoms with Crippen molar-refractivity contribution < 1.29 is 13.2 Å². The summed E-state index contributed by atoms with van der Waals surface area (Å²) in [5.41, 5.74) is 0. The maximum Gasteiger partial charge on any atom is 0.253 e. The van der Waals surface area contributed by atoms with Gasteiger partial charge in [0.05, 0.1) is 6.10 Å². The molecule has 2 rings (SSSR count). The average molecular weight is 354 g/mol. The zero-order valence-electron chi connectivity index (χ0n) is 10.1. The van der Waals surface area contributed by atoms with E-state index < -0.39 is 10.0 Å². The fourth-order valence-electron chi connectivity index (χ4n) is 1.99. The predicted octanol–water partition coefficient (Wildman–Crippen LogP) is 2.70. The Labute approximate surface area is 120 Å². The van der Waals surface area contributed by atoms with Crippen molar-refractivity contribution in [2.24, 2.45) is 0 Å². The largest absolute Gasteiger partial charge is 0.377 e. The van der Waals surface area contributed by atoms with Crippen molar-refractivity contribution in [3.63, 3.8) is 0 Å². The number of ether oxygens (including phenoxy) is 1. The molecule has 1 aromatic rings. The van der Waals surface area contributed by atoms with E-state index in [1.807, 2.05) is 6.92 Å². The second kappa shape index (κ2) is 6.00. The van der Waals surface area contributed by atoms with Crippen LogP contribution in [0.1, 0.15) is 19.8 Å². The van der Waals surface area contributed by atoms with Crippen molar-refractivity contribution >= 4 is 37.3 Å². The molecule has 0 saturated carbocycles. The summed E-state index contributed by atoms with van der Waals surface area (Å²) >= 11 is 4.53. The van der Waals surface area contributed by atoms with E-state index in [1.54, 1.807) is 11.4 Å². The first-order valence-electron chi connectivity index (χ1n) is 5.90. The monoisotopic (exact) mass is 353 g/mol. The quantitative estimate of drug-likeness (QED) is 0.817. The lowest BCUT2D eigenvalue weighted by Gasteiger charge is -2.22. The third kappa shape index (κ3) is 2.96. The highest BCUT2D eigenvalue weighted by Crippen LogP contribution is 2.30. The summed E-state index contributed by atoms with van der Waals surface area (Å²) in [7, 11) is -3.40. The van der Waals surface area contributed by atoms with Crippen LogP contribution in [0.2, 0.25) is 0 Å². The molecule has 0 bridgehead atoms. The normalized spacial score (nSPS) is 20.7. The highest BCUT2D eigenvalue weighted by atomic mass is 79.9. The molecule has 1 aromatic heterocycles. The number of hydrogen-bond donors (Lipinski definition) is 0. The van der Waals surface area contributed by atoms with E-state index in [2.05, 4.69) is 15.9 Å². The lowest BCUT2D eigenvalue weighted by molar-refractivity contribution is 0.0947. The third-order valence-electron chi connectivity index (χ3n) is 2.94. The fourth-order valence-corrected chi connectivity index (χ4v) is 5.92. The molecule has 0 aromatic carbocycles. The zero-order valence-corrected chi connectivity index (χ0v) is 13.4. The lowest BCUT2D eigenvalue weighted by Crippen LogP contribution is -2.36. The summed E-state index contributed by atoms with van der Waals surface area (Å²) in [5.74, 6) is 0. The molecule has 1 aliphatic rings. The summed E-state index contributed by atoms with van der Waals surface area (Å²) in [4.78, 5) is 0. The van der Waals surface area contributed by atoms with Crippen LogP contribution in [0.4, 0.5) is 0 Å². The first-order valence-corrected chi connectivity index (χ1v) is 9.01. The van der Waals surface area contributed by atoms with E-state index in [9.17, 15) is 8.42 Å². The van der Waals surface area contributed by atoms with E-state index in [0.717, 1.165) is 19.4 Å². The molecule has 2 heterocycles. The van der Waals surface area contributed by atoms with Gasteiger partial charge in [0.2, 0.25) is 0 Å². The molecule has 0 N–H and O–H groups in total. The van der Waals surface area contributed by atoms with E-state index >= 15 is 0 Å². The van der Waals surface area contributed by atoms with Gasteiger partial charge in [-0.05, 0) is 40.2 Å². The van der Waals surface area contributed by atoms with Crippen LogP contribution in [0.25, 0.3) is 0 Å². The predicted molar refractivity (Wildman–Crippen MR) is 75.4 cm³/mol. The van der Waals surface area contributed by atoms with Gasteiger partial charge in [-0.1, -0.05) is 6.92 Å². The van der Waals surface area contributed by atoms with Crippen LogP contribution in [-0.2, 0) is 14.8 Å². The summed E-state index contributed by atoms with van der Waals surface area (Å²) in [6.07, 6.45) is 2.00. The van der Waals surface area contributed by atoms with Gasteiger partial charge < -0.3 is 4.74 Å². The SMILES string of the molecule is CCN(CC1CCCO1)S(=O)(=O)c1sccc1Br. The minimum Gasteiger partial charge on any atom is -0.377 e. The Morgan fingerprint density at radius 2 is 2.39 bits per heavy atom. The molecular weight excluding hydrogens is 338 g/mol. The van der Waals surface area contributed by atoms with Crippen molar-refractivity contribution in [3.8, 4) is 0 Å². The number of rotatable bonds is 5. The number of halogens is 1. The van der Waals surface area contributed by atoms with Crippen LogP contribution in [0, 0.1) is 0 Å². The standard InChI is InChI=1S/C11H16BrNO3S2/c1-2-13(8-9-4-3-6-16-9)18(14,15)11-10(12)5-7-17-11/h5,7,9H,2-4,6,8H2,1H3. The van der Waals surface area contributed by atoms with E-state index in [4.69, 9.17) is 4.74 Å². The summed E-state index contributed by atoms with van der Waals surface area (Å²) < 4.78 is 33.0. The molecule has 7 heteroatoms. The van der Waals surface area contributed by atoms with Gasteiger partial charge in [-0.2, -0.15) is 4.31 Å². The molecule has 1 unspecified atom stereocenters. The first kappa shape index (κ1) is 14.5. The summed E-state index contributed by atoms with van der Waals surface area (Å²) in [5, 5.41) is 1.77.